The summed E-state index contributed by atoms with van der Waals surface area (Å²) >= 11 is 0. The van der Waals surface area contributed by atoms with Crippen LogP contribution in [0.25, 0.3) is 0 Å². The predicted octanol–water partition coefficient (Wildman–Crippen LogP) is 1.43. The number of hydrogen-bond acceptors (Lipinski definition) is 5. The normalized spacial score (nSPS) is 20.2. The average molecular weight is 321 g/mol. The van der Waals surface area contributed by atoms with Gasteiger partial charge in [-0.15, -0.1) is 0 Å². The summed E-state index contributed by atoms with van der Waals surface area (Å²) in [6.07, 6.45) is 8.85. The van der Waals surface area contributed by atoms with Gasteiger partial charge in [-0.2, -0.15) is 4.31 Å². The van der Waals surface area contributed by atoms with Gasteiger partial charge in [-0.3, -0.25) is 0 Å². The van der Waals surface area contributed by atoms with E-state index in [1.165, 1.54) is 23.2 Å². The van der Waals surface area contributed by atoms with Crippen LogP contribution in [0.15, 0.2) is 30.1 Å². The van der Waals surface area contributed by atoms with Crippen LogP contribution in [-0.2, 0) is 17.1 Å². The molecule has 1 fully saturated rings. The Morgan fingerprint density at radius 2 is 2.09 bits per heavy atom. The van der Waals surface area contributed by atoms with Gasteiger partial charge >= 0.3 is 0 Å². The van der Waals surface area contributed by atoms with Crippen LogP contribution in [-0.4, -0.2) is 38.8 Å². The Kier molecular flexibility index (Phi) is 3.96. The standard InChI is InChI=1S/C14H19N5O2S/c1-11-7-15-9-16-14(11)12-5-3-4-6-19(12)22(20,21)13-8-18(2)10-17-13/h7-10,12H,3-6H2,1-2H3. The molecule has 118 valence electrons. The topological polar surface area (TPSA) is 81.0 Å². The molecule has 2 aromatic heterocycles. The number of imidazole rings is 1. The van der Waals surface area contributed by atoms with E-state index in [1.807, 2.05) is 6.92 Å². The van der Waals surface area contributed by atoms with Crippen LogP contribution < -0.4 is 0 Å². The van der Waals surface area contributed by atoms with Crippen molar-refractivity contribution < 1.29 is 8.42 Å². The fraction of sp³-hybridized carbons (Fsp3) is 0.500. The molecule has 3 heterocycles. The molecular weight excluding hydrogens is 302 g/mol. The van der Waals surface area contributed by atoms with Gasteiger partial charge in [0.15, 0.2) is 5.03 Å². The number of rotatable bonds is 3. The lowest BCUT2D eigenvalue weighted by Crippen LogP contribution is -2.39. The van der Waals surface area contributed by atoms with Gasteiger partial charge in [0, 0.05) is 26.0 Å². The fourth-order valence-corrected chi connectivity index (χ4v) is 4.50. The average Bonchev–Trinajstić information content (AvgIpc) is 2.95. The Labute approximate surface area is 130 Å². The van der Waals surface area contributed by atoms with Crippen molar-refractivity contribution >= 4 is 10.0 Å². The summed E-state index contributed by atoms with van der Waals surface area (Å²) in [7, 11) is -1.86. The van der Waals surface area contributed by atoms with Crippen molar-refractivity contribution in [2.24, 2.45) is 7.05 Å². The lowest BCUT2D eigenvalue weighted by atomic mass is 9.99. The van der Waals surface area contributed by atoms with E-state index in [0.29, 0.717) is 6.54 Å². The van der Waals surface area contributed by atoms with Crippen molar-refractivity contribution in [1.29, 1.82) is 0 Å². The minimum Gasteiger partial charge on any atom is -0.339 e. The number of aromatic nitrogens is 4. The Morgan fingerprint density at radius 1 is 1.27 bits per heavy atom. The maximum absolute atomic E-state index is 12.9. The summed E-state index contributed by atoms with van der Waals surface area (Å²) < 4.78 is 29.0. The molecular formula is C14H19N5O2S. The van der Waals surface area contributed by atoms with Crippen LogP contribution in [0.1, 0.15) is 36.6 Å². The molecule has 0 aromatic carbocycles. The second-order valence-corrected chi connectivity index (χ2v) is 7.43. The lowest BCUT2D eigenvalue weighted by molar-refractivity contribution is 0.250. The van der Waals surface area contributed by atoms with Crippen molar-refractivity contribution in [2.75, 3.05) is 6.54 Å². The van der Waals surface area contributed by atoms with E-state index < -0.39 is 10.0 Å². The van der Waals surface area contributed by atoms with E-state index in [0.717, 1.165) is 30.5 Å². The molecule has 0 aliphatic carbocycles. The highest BCUT2D eigenvalue weighted by atomic mass is 32.2. The molecule has 1 saturated heterocycles. The zero-order chi connectivity index (χ0) is 15.7. The minimum absolute atomic E-state index is 0.0913. The smallest absolute Gasteiger partial charge is 0.262 e. The molecule has 22 heavy (non-hydrogen) atoms. The Morgan fingerprint density at radius 3 is 2.77 bits per heavy atom. The summed E-state index contributed by atoms with van der Waals surface area (Å²) in [5.74, 6) is 0. The zero-order valence-corrected chi connectivity index (χ0v) is 13.5. The number of aryl methyl sites for hydroxylation is 2. The number of nitrogens with zero attached hydrogens (tertiary/aromatic N) is 5. The molecule has 0 saturated carbocycles. The van der Waals surface area contributed by atoms with Crippen LogP contribution in [0.2, 0.25) is 0 Å². The molecule has 1 aliphatic heterocycles. The Balaban J connectivity index is 2.02. The second-order valence-electron chi connectivity index (χ2n) is 5.60. The van der Waals surface area contributed by atoms with Gasteiger partial charge in [0.25, 0.3) is 10.0 Å². The number of piperidine rings is 1. The maximum atomic E-state index is 12.9. The minimum atomic E-state index is -3.61. The molecule has 0 N–H and O–H groups in total. The lowest BCUT2D eigenvalue weighted by Gasteiger charge is -2.34. The highest BCUT2D eigenvalue weighted by molar-refractivity contribution is 7.89. The largest absolute Gasteiger partial charge is 0.339 e. The van der Waals surface area contributed by atoms with Crippen molar-refractivity contribution in [2.45, 2.75) is 37.3 Å². The van der Waals surface area contributed by atoms with E-state index in [-0.39, 0.29) is 11.1 Å². The van der Waals surface area contributed by atoms with Gasteiger partial charge in [-0.1, -0.05) is 6.42 Å². The van der Waals surface area contributed by atoms with Gasteiger partial charge in [0.2, 0.25) is 0 Å². The third kappa shape index (κ3) is 2.64. The molecule has 0 amide bonds. The Bertz CT molecular complexity index is 771. The number of sulfonamides is 1. The summed E-state index contributed by atoms with van der Waals surface area (Å²) in [5.41, 5.74) is 1.70. The van der Waals surface area contributed by atoms with Gasteiger partial charge in [-0.25, -0.2) is 23.4 Å². The predicted molar refractivity (Wildman–Crippen MR) is 80.5 cm³/mol. The fourth-order valence-electron chi connectivity index (χ4n) is 2.87. The molecule has 7 nitrogen and oxygen atoms in total. The zero-order valence-electron chi connectivity index (χ0n) is 12.7. The van der Waals surface area contributed by atoms with Crippen LogP contribution in [0.4, 0.5) is 0 Å². The van der Waals surface area contributed by atoms with E-state index in [2.05, 4.69) is 15.0 Å². The molecule has 1 unspecified atom stereocenters. The maximum Gasteiger partial charge on any atom is 0.262 e. The molecule has 8 heteroatoms. The van der Waals surface area contributed by atoms with Crippen LogP contribution in [0.3, 0.4) is 0 Å². The first-order valence-corrected chi connectivity index (χ1v) is 8.70. The van der Waals surface area contributed by atoms with E-state index in [1.54, 1.807) is 17.8 Å². The Hall–Kier alpha value is -1.80. The summed E-state index contributed by atoms with van der Waals surface area (Å²) in [5, 5.41) is 0.0913. The van der Waals surface area contributed by atoms with E-state index in [4.69, 9.17) is 0 Å². The molecule has 0 radical (unpaired) electrons. The van der Waals surface area contributed by atoms with Crippen LogP contribution in [0.5, 0.6) is 0 Å². The molecule has 0 spiro atoms. The highest BCUT2D eigenvalue weighted by Crippen LogP contribution is 2.35. The third-order valence-electron chi connectivity index (χ3n) is 3.96. The van der Waals surface area contributed by atoms with Gasteiger partial charge in [-0.05, 0) is 25.3 Å². The number of hydrogen-bond donors (Lipinski definition) is 0. The van der Waals surface area contributed by atoms with Crippen molar-refractivity contribution in [1.82, 2.24) is 23.8 Å². The van der Waals surface area contributed by atoms with Gasteiger partial charge in [0.05, 0.1) is 18.1 Å². The first-order chi connectivity index (χ1) is 10.5. The monoisotopic (exact) mass is 321 g/mol. The second kappa shape index (κ2) is 5.77. The van der Waals surface area contributed by atoms with Crippen LogP contribution >= 0.6 is 0 Å². The van der Waals surface area contributed by atoms with Crippen molar-refractivity contribution in [3.05, 3.63) is 36.3 Å². The molecule has 1 atom stereocenters. The van der Waals surface area contributed by atoms with Crippen molar-refractivity contribution in [3.63, 3.8) is 0 Å². The summed E-state index contributed by atoms with van der Waals surface area (Å²) in [6, 6.07) is -0.247. The SMILES string of the molecule is Cc1cncnc1C1CCCCN1S(=O)(=O)c1cn(C)cn1. The third-order valence-corrected chi connectivity index (χ3v) is 5.75. The molecule has 3 rings (SSSR count). The van der Waals surface area contributed by atoms with E-state index >= 15 is 0 Å². The van der Waals surface area contributed by atoms with E-state index in [9.17, 15) is 8.42 Å². The summed E-state index contributed by atoms with van der Waals surface area (Å²) in [4.78, 5) is 12.3. The molecule has 2 aromatic rings. The van der Waals surface area contributed by atoms with Crippen LogP contribution in [0, 0.1) is 6.92 Å². The highest BCUT2D eigenvalue weighted by Gasteiger charge is 2.36. The van der Waals surface area contributed by atoms with Gasteiger partial charge < -0.3 is 4.57 Å². The van der Waals surface area contributed by atoms with Crippen molar-refractivity contribution in [3.8, 4) is 0 Å². The summed E-state index contributed by atoms with van der Waals surface area (Å²) in [6.45, 7) is 2.41. The first-order valence-electron chi connectivity index (χ1n) is 7.26. The molecule has 0 bridgehead atoms. The first kappa shape index (κ1) is 15.1. The quantitative estimate of drug-likeness (QED) is 0.854. The molecule has 1 aliphatic rings. The van der Waals surface area contributed by atoms with Gasteiger partial charge in [0.1, 0.15) is 6.33 Å².